The van der Waals surface area contributed by atoms with E-state index in [0.717, 1.165) is 12.1 Å². The van der Waals surface area contributed by atoms with Gasteiger partial charge in [-0.05, 0) is 38.8 Å². The molecule has 0 aromatic carbocycles. The summed E-state index contributed by atoms with van der Waals surface area (Å²) in [5.41, 5.74) is 0. The molecule has 98 valence electrons. The minimum Gasteiger partial charge on any atom is -0.314 e. The summed E-state index contributed by atoms with van der Waals surface area (Å²) in [7, 11) is 0. The Kier molecular flexibility index (Phi) is 3.99. The molecule has 2 saturated heterocycles. The maximum atomic E-state index is 3.48. The smallest absolute Gasteiger partial charge is 0.0252 e. The van der Waals surface area contributed by atoms with Crippen molar-refractivity contribution in [1.29, 1.82) is 0 Å². The van der Waals surface area contributed by atoms with Crippen LogP contribution in [-0.2, 0) is 0 Å². The van der Waals surface area contributed by atoms with E-state index in [1.165, 1.54) is 77.8 Å². The van der Waals surface area contributed by atoms with Crippen LogP contribution >= 0.6 is 0 Å². The molecule has 2 atom stereocenters. The third-order valence-electron chi connectivity index (χ3n) is 4.92. The highest BCUT2D eigenvalue weighted by atomic mass is 15.3. The number of hydrogen-bond acceptors (Lipinski definition) is 3. The van der Waals surface area contributed by atoms with E-state index in [1.54, 1.807) is 0 Å². The zero-order chi connectivity index (χ0) is 11.5. The van der Waals surface area contributed by atoms with Gasteiger partial charge in [0.2, 0.25) is 0 Å². The molecule has 0 radical (unpaired) electrons. The summed E-state index contributed by atoms with van der Waals surface area (Å²) >= 11 is 0. The summed E-state index contributed by atoms with van der Waals surface area (Å²) in [5, 5.41) is 3.48. The molecule has 17 heavy (non-hydrogen) atoms. The summed E-state index contributed by atoms with van der Waals surface area (Å²) in [6.45, 7) is 7.68. The largest absolute Gasteiger partial charge is 0.314 e. The van der Waals surface area contributed by atoms with E-state index < -0.39 is 0 Å². The second-order valence-electron chi connectivity index (χ2n) is 5.95. The monoisotopic (exact) mass is 237 g/mol. The Hall–Kier alpha value is -0.120. The Morgan fingerprint density at radius 1 is 0.647 bits per heavy atom. The molecule has 0 aromatic rings. The van der Waals surface area contributed by atoms with Gasteiger partial charge in [0.15, 0.2) is 0 Å². The van der Waals surface area contributed by atoms with E-state index >= 15 is 0 Å². The lowest BCUT2D eigenvalue weighted by atomic mass is 10.0. The van der Waals surface area contributed by atoms with Crippen LogP contribution in [0.15, 0.2) is 0 Å². The third kappa shape index (κ3) is 2.67. The summed E-state index contributed by atoms with van der Waals surface area (Å²) < 4.78 is 0. The average molecular weight is 237 g/mol. The van der Waals surface area contributed by atoms with Crippen LogP contribution in [0, 0.1) is 0 Å². The molecule has 0 aromatic heterocycles. The Balaban J connectivity index is 1.61. The number of nitrogens with zero attached hydrogens (tertiary/aromatic N) is 2. The van der Waals surface area contributed by atoms with Gasteiger partial charge in [-0.2, -0.15) is 0 Å². The van der Waals surface area contributed by atoms with Gasteiger partial charge in [-0.15, -0.1) is 0 Å². The number of piperazine rings is 1. The molecule has 3 heteroatoms. The minimum atomic E-state index is 0.871. The molecule has 0 bridgehead atoms. The van der Waals surface area contributed by atoms with Crippen LogP contribution in [0.1, 0.15) is 38.5 Å². The molecule has 0 spiro atoms. The van der Waals surface area contributed by atoms with E-state index in [4.69, 9.17) is 0 Å². The maximum absolute atomic E-state index is 3.48. The lowest BCUT2D eigenvalue weighted by Gasteiger charge is -2.41. The highest BCUT2D eigenvalue weighted by molar-refractivity contribution is 4.93. The topological polar surface area (TPSA) is 18.5 Å². The first-order chi connectivity index (χ1) is 8.45. The van der Waals surface area contributed by atoms with Gasteiger partial charge in [0, 0.05) is 38.3 Å². The summed E-state index contributed by atoms with van der Waals surface area (Å²) in [5.74, 6) is 0. The van der Waals surface area contributed by atoms with Crippen LogP contribution < -0.4 is 5.32 Å². The van der Waals surface area contributed by atoms with Crippen molar-refractivity contribution in [3.05, 3.63) is 0 Å². The fourth-order valence-electron chi connectivity index (χ4n) is 4.04. The van der Waals surface area contributed by atoms with Crippen molar-refractivity contribution in [3.8, 4) is 0 Å². The summed E-state index contributed by atoms with van der Waals surface area (Å²) in [6, 6.07) is 1.75. The molecule has 3 nitrogen and oxygen atoms in total. The summed E-state index contributed by atoms with van der Waals surface area (Å²) in [4.78, 5) is 5.58. The highest BCUT2D eigenvalue weighted by Crippen LogP contribution is 2.30. The van der Waals surface area contributed by atoms with Crippen LogP contribution in [0.3, 0.4) is 0 Å². The van der Waals surface area contributed by atoms with E-state index in [9.17, 15) is 0 Å². The molecule has 0 unspecified atom stereocenters. The van der Waals surface area contributed by atoms with Crippen LogP contribution in [0.4, 0.5) is 0 Å². The SMILES string of the molecule is C1CCN([C@@H]2CCC[C@@H]2N2CCNCC2)CC1. The predicted octanol–water partition coefficient (Wildman–Crippen LogP) is 1.30. The van der Waals surface area contributed by atoms with Gasteiger partial charge in [-0.3, -0.25) is 9.80 Å². The zero-order valence-electron chi connectivity index (χ0n) is 11.0. The van der Waals surface area contributed by atoms with Crippen molar-refractivity contribution in [2.75, 3.05) is 39.3 Å². The normalized spacial score (nSPS) is 37.4. The van der Waals surface area contributed by atoms with Gasteiger partial charge in [-0.1, -0.05) is 12.8 Å². The molecular weight excluding hydrogens is 210 g/mol. The Morgan fingerprint density at radius 3 is 1.88 bits per heavy atom. The highest BCUT2D eigenvalue weighted by Gasteiger charge is 2.36. The van der Waals surface area contributed by atoms with Crippen molar-refractivity contribution in [3.63, 3.8) is 0 Å². The standard InChI is InChI=1S/C14H27N3/c1-2-9-16(10-3-1)13-5-4-6-14(13)17-11-7-15-8-12-17/h13-15H,1-12H2/t13-,14+/m1/s1. The van der Waals surface area contributed by atoms with E-state index in [2.05, 4.69) is 15.1 Å². The average Bonchev–Trinajstić information content (AvgIpc) is 2.90. The zero-order valence-corrected chi connectivity index (χ0v) is 11.0. The van der Waals surface area contributed by atoms with Crippen LogP contribution in [0.2, 0.25) is 0 Å². The molecule has 2 aliphatic heterocycles. The van der Waals surface area contributed by atoms with Crippen molar-refractivity contribution in [2.24, 2.45) is 0 Å². The molecule has 1 saturated carbocycles. The van der Waals surface area contributed by atoms with Crippen LogP contribution in [0.25, 0.3) is 0 Å². The van der Waals surface area contributed by atoms with Gasteiger partial charge in [-0.25, -0.2) is 0 Å². The Labute approximate surface area is 106 Å². The third-order valence-corrected chi connectivity index (χ3v) is 4.92. The first-order valence-electron chi connectivity index (χ1n) is 7.64. The van der Waals surface area contributed by atoms with Crippen LogP contribution in [0.5, 0.6) is 0 Å². The van der Waals surface area contributed by atoms with E-state index in [-0.39, 0.29) is 0 Å². The lowest BCUT2D eigenvalue weighted by molar-refractivity contribution is 0.0749. The van der Waals surface area contributed by atoms with Crippen molar-refractivity contribution >= 4 is 0 Å². The van der Waals surface area contributed by atoms with Crippen LogP contribution in [-0.4, -0.2) is 61.2 Å². The first kappa shape index (κ1) is 11.9. The molecular formula is C14H27N3. The molecule has 3 aliphatic rings. The maximum Gasteiger partial charge on any atom is 0.0252 e. The number of hydrogen-bond donors (Lipinski definition) is 1. The first-order valence-corrected chi connectivity index (χ1v) is 7.64. The summed E-state index contributed by atoms with van der Waals surface area (Å²) in [6.07, 6.45) is 8.68. The van der Waals surface area contributed by atoms with Gasteiger partial charge in [0.1, 0.15) is 0 Å². The molecule has 3 rings (SSSR count). The quantitative estimate of drug-likeness (QED) is 0.781. The fraction of sp³-hybridized carbons (Fsp3) is 1.00. The molecule has 2 heterocycles. The van der Waals surface area contributed by atoms with E-state index in [0.29, 0.717) is 0 Å². The van der Waals surface area contributed by atoms with Gasteiger partial charge in [0.25, 0.3) is 0 Å². The van der Waals surface area contributed by atoms with Gasteiger partial charge >= 0.3 is 0 Å². The Bertz CT molecular complexity index is 208. The number of likely N-dealkylation sites (tertiary alicyclic amines) is 1. The number of nitrogens with one attached hydrogen (secondary N) is 1. The lowest BCUT2D eigenvalue weighted by Crippen LogP contribution is -2.55. The fourth-order valence-corrected chi connectivity index (χ4v) is 4.04. The second kappa shape index (κ2) is 5.68. The molecule has 1 N–H and O–H groups in total. The minimum absolute atomic E-state index is 0.871. The number of rotatable bonds is 2. The number of piperidine rings is 1. The van der Waals surface area contributed by atoms with Crippen molar-refractivity contribution in [1.82, 2.24) is 15.1 Å². The molecule has 3 fully saturated rings. The molecule has 0 amide bonds. The van der Waals surface area contributed by atoms with Crippen molar-refractivity contribution < 1.29 is 0 Å². The van der Waals surface area contributed by atoms with Crippen molar-refractivity contribution in [2.45, 2.75) is 50.6 Å². The van der Waals surface area contributed by atoms with E-state index in [1.807, 2.05) is 0 Å². The predicted molar refractivity (Wildman–Crippen MR) is 71.3 cm³/mol. The molecule has 1 aliphatic carbocycles. The second-order valence-corrected chi connectivity index (χ2v) is 5.95. The van der Waals surface area contributed by atoms with Gasteiger partial charge in [0.05, 0.1) is 0 Å². The Morgan fingerprint density at radius 2 is 1.24 bits per heavy atom. The van der Waals surface area contributed by atoms with Gasteiger partial charge < -0.3 is 5.32 Å².